The second-order valence-electron chi connectivity index (χ2n) is 3.24. The fourth-order valence-corrected chi connectivity index (χ4v) is 1.30. The Hall–Kier alpha value is -1.03. The van der Waals surface area contributed by atoms with Crippen molar-refractivity contribution in [1.29, 1.82) is 0 Å². The smallest absolute Gasteiger partial charge is 0.0623 e. The molecule has 0 spiro atoms. The average molecular weight is 198 g/mol. The molecule has 1 aromatic rings. The molecule has 70 valence electrons. The molecule has 0 saturated heterocycles. The van der Waals surface area contributed by atoms with E-state index in [0.29, 0.717) is 0 Å². The van der Waals surface area contributed by atoms with Crippen molar-refractivity contribution in [2.75, 3.05) is 0 Å². The van der Waals surface area contributed by atoms with Gasteiger partial charge in [0.1, 0.15) is 0 Å². The predicted octanol–water partition coefficient (Wildman–Crippen LogP) is 2.48. The van der Waals surface area contributed by atoms with Crippen molar-refractivity contribution in [2.45, 2.75) is 6.92 Å². The van der Waals surface area contributed by atoms with Gasteiger partial charge in [0.2, 0.25) is 0 Å². The molecule has 1 heteroatoms. The molecule has 0 fully saturated rings. The second-order valence-corrected chi connectivity index (χ2v) is 3.24. The number of aryl methyl sites for hydroxylation is 1. The first-order valence-corrected chi connectivity index (χ1v) is 4.48. The van der Waals surface area contributed by atoms with Crippen LogP contribution < -0.4 is 0 Å². The van der Waals surface area contributed by atoms with E-state index in [2.05, 4.69) is 25.1 Å². The third-order valence-corrected chi connectivity index (χ3v) is 1.99. The van der Waals surface area contributed by atoms with E-state index in [9.17, 15) is 0 Å². The van der Waals surface area contributed by atoms with E-state index in [0.717, 1.165) is 0 Å². The van der Waals surface area contributed by atoms with E-state index in [1.54, 1.807) is 0 Å². The van der Waals surface area contributed by atoms with Crippen LogP contribution in [0.4, 0.5) is 0 Å². The van der Waals surface area contributed by atoms with Crippen LogP contribution in [0.5, 0.6) is 0 Å². The fourth-order valence-electron chi connectivity index (χ4n) is 1.30. The van der Waals surface area contributed by atoms with Gasteiger partial charge in [-0.2, -0.15) is 0 Å². The Morgan fingerprint density at radius 3 is 1.21 bits per heavy atom. The predicted molar refractivity (Wildman–Crippen MR) is 66.6 cm³/mol. The minimum absolute atomic E-state index is 0. The summed E-state index contributed by atoms with van der Waals surface area (Å²) in [6, 6.07) is 18.6. The molecular weight excluding hydrogens is 183 g/mol. The van der Waals surface area contributed by atoms with Crippen LogP contribution in [0, 0.1) is 6.92 Å². The molecule has 0 radical (unpaired) electrons. The van der Waals surface area contributed by atoms with Gasteiger partial charge >= 0.3 is 0 Å². The number of fused-ring (bicyclic) bond motifs is 1. The first kappa shape index (κ1) is 11.0. The highest BCUT2D eigenvalue weighted by molar-refractivity contribution is 5.82. The first-order valence-electron chi connectivity index (χ1n) is 4.48. The van der Waals surface area contributed by atoms with Crippen LogP contribution in [0.25, 0.3) is 11.1 Å². The lowest BCUT2D eigenvalue weighted by Gasteiger charge is -1.69. The second kappa shape index (κ2) is 5.00. The van der Waals surface area contributed by atoms with Gasteiger partial charge < -0.3 is 0 Å². The Morgan fingerprint density at radius 2 is 1.00 bits per heavy atom. The Morgan fingerprint density at radius 1 is 0.643 bits per heavy atom. The Kier molecular flexibility index (Phi) is 3.95. The van der Waals surface area contributed by atoms with Crippen molar-refractivity contribution >= 4 is 17.4 Å². The Labute approximate surface area is 95.7 Å². The average Bonchev–Trinajstić information content (AvgIpc) is 2.78. The zero-order chi connectivity index (χ0) is 9.10. The van der Waals surface area contributed by atoms with Gasteiger partial charge in [-0.25, -0.2) is 0 Å². The van der Waals surface area contributed by atoms with Crippen molar-refractivity contribution in [3.05, 3.63) is 60.2 Å². The van der Waals surface area contributed by atoms with E-state index < -0.39 is 0 Å². The lowest BCUT2D eigenvalue weighted by atomic mass is 10.4. The zero-order valence-electron chi connectivity index (χ0n) is 7.70. The molecule has 2 aliphatic rings. The summed E-state index contributed by atoms with van der Waals surface area (Å²) in [5.74, 6) is 0. The summed E-state index contributed by atoms with van der Waals surface area (Å²) in [5, 5.41) is 0. The van der Waals surface area contributed by atoms with Crippen molar-refractivity contribution in [3.63, 3.8) is 0 Å². The summed E-state index contributed by atoms with van der Waals surface area (Å²) in [7, 11) is 0. The van der Waals surface area contributed by atoms with Crippen LogP contribution in [0.2, 0.25) is 0 Å². The highest BCUT2D eigenvalue weighted by atomic mass is 27.0. The van der Waals surface area contributed by atoms with Crippen molar-refractivity contribution in [1.82, 2.24) is 0 Å². The van der Waals surface area contributed by atoms with E-state index in [4.69, 9.17) is 0 Å². The van der Waals surface area contributed by atoms with E-state index >= 15 is 0 Å². The maximum atomic E-state index is 2.20. The normalized spacial score (nSPS) is 9.21. The van der Waals surface area contributed by atoms with Gasteiger partial charge in [0.05, 0.1) is 0 Å². The fraction of sp³-hybridized carbons (Fsp3) is 0.0769. The third-order valence-electron chi connectivity index (χ3n) is 1.99. The Balaban J connectivity index is 0.000000132. The largest absolute Gasteiger partial charge is 0.187 e. The van der Waals surface area contributed by atoms with E-state index in [-0.39, 0.29) is 17.4 Å². The summed E-state index contributed by atoms with van der Waals surface area (Å²) >= 11 is 0. The van der Waals surface area contributed by atoms with Gasteiger partial charge in [0.25, 0.3) is 0 Å². The Bertz CT molecular complexity index is 346. The molecule has 3 rings (SSSR count). The van der Waals surface area contributed by atoms with E-state index in [1.165, 1.54) is 16.7 Å². The molecular formula is C13H15Al. The molecule has 0 nitrogen and oxygen atoms in total. The minimum Gasteiger partial charge on any atom is -0.0623 e. The van der Waals surface area contributed by atoms with Gasteiger partial charge in [0.15, 0.2) is 17.4 Å². The third kappa shape index (κ3) is 3.03. The molecule has 0 amide bonds. The summed E-state index contributed by atoms with van der Waals surface area (Å²) in [6.45, 7) is 2.12. The van der Waals surface area contributed by atoms with Gasteiger partial charge in [-0.3, -0.25) is 0 Å². The zero-order valence-corrected chi connectivity index (χ0v) is 7.70. The number of hydrogen-bond donors (Lipinski definition) is 0. The van der Waals surface area contributed by atoms with Gasteiger partial charge in [-0.15, -0.1) is 0 Å². The minimum atomic E-state index is 0. The molecule has 0 bridgehead atoms. The maximum absolute atomic E-state index is 2.20. The maximum Gasteiger partial charge on any atom is 0.187 e. The number of hydrogen-bond acceptors (Lipinski definition) is 0. The molecule has 0 heterocycles. The van der Waals surface area contributed by atoms with Crippen LogP contribution in [0.15, 0.2) is 54.6 Å². The van der Waals surface area contributed by atoms with Crippen LogP contribution in [-0.2, 0) is 0 Å². The summed E-state index contributed by atoms with van der Waals surface area (Å²) < 4.78 is 0. The molecule has 0 atom stereocenters. The van der Waals surface area contributed by atoms with Crippen LogP contribution in [-0.4, -0.2) is 17.4 Å². The molecule has 0 aliphatic heterocycles. The monoisotopic (exact) mass is 198 g/mol. The molecule has 0 N–H and O–H groups in total. The quantitative estimate of drug-likeness (QED) is 0.487. The van der Waals surface area contributed by atoms with Crippen molar-refractivity contribution in [3.8, 4) is 11.1 Å². The van der Waals surface area contributed by atoms with Gasteiger partial charge in [-0.1, -0.05) is 48.5 Å². The molecule has 0 aromatic heterocycles. The van der Waals surface area contributed by atoms with Gasteiger partial charge in [0, 0.05) is 0 Å². The lowest BCUT2D eigenvalue weighted by molar-refractivity contribution is 1.55. The first-order chi connectivity index (χ1) is 6.36. The van der Waals surface area contributed by atoms with Crippen molar-refractivity contribution in [2.24, 2.45) is 0 Å². The summed E-state index contributed by atoms with van der Waals surface area (Å²) in [4.78, 5) is 0. The lowest BCUT2D eigenvalue weighted by Crippen LogP contribution is -1.50. The van der Waals surface area contributed by atoms with Crippen molar-refractivity contribution < 1.29 is 0 Å². The molecule has 0 saturated carbocycles. The molecule has 1 aromatic carbocycles. The standard InChI is InChI=1S/C7H6.C6H6.Al.3H/c1-5-2-6-4-7(6)3-5;1-2-4-6-5-3-1;;;;/h2-4H,1H3;1-6H;;;;. The topological polar surface area (TPSA) is 0 Å². The van der Waals surface area contributed by atoms with Gasteiger partial charge in [-0.05, 0) is 29.7 Å². The van der Waals surface area contributed by atoms with Crippen LogP contribution in [0.1, 0.15) is 5.56 Å². The van der Waals surface area contributed by atoms with Crippen LogP contribution in [0.3, 0.4) is 0 Å². The number of rotatable bonds is 0. The molecule has 14 heavy (non-hydrogen) atoms. The highest BCUT2D eigenvalue weighted by Gasteiger charge is 2.10. The summed E-state index contributed by atoms with van der Waals surface area (Å²) in [6.07, 6.45) is 0. The van der Waals surface area contributed by atoms with Crippen LogP contribution >= 0.6 is 0 Å². The number of benzene rings is 2. The molecule has 0 unspecified atom stereocenters. The molecule has 2 aliphatic carbocycles. The summed E-state index contributed by atoms with van der Waals surface area (Å²) in [5.41, 5.74) is 4.28. The van der Waals surface area contributed by atoms with E-state index in [1.807, 2.05) is 36.4 Å². The highest BCUT2D eigenvalue weighted by Crippen LogP contribution is 2.35. The SMILES string of the molecule is Cc1cc2cc-2c1.[AlH3].c1ccccc1.